The van der Waals surface area contributed by atoms with Crippen LogP contribution >= 0.6 is 0 Å². The van der Waals surface area contributed by atoms with Gasteiger partial charge in [-0.15, -0.1) is 0 Å². The predicted molar refractivity (Wildman–Crippen MR) is 157 cm³/mol. The van der Waals surface area contributed by atoms with E-state index in [0.29, 0.717) is 6.42 Å². The number of aromatic amines is 1. The number of aromatic nitrogens is 1. The van der Waals surface area contributed by atoms with Crippen molar-refractivity contribution >= 4 is 22.7 Å². The normalized spacial score (nSPS) is 22.0. The zero-order valence-electron chi connectivity index (χ0n) is 22.8. The highest BCUT2D eigenvalue weighted by Gasteiger charge is 2.49. The minimum absolute atomic E-state index is 0.0821. The lowest BCUT2D eigenvalue weighted by Crippen LogP contribution is -2.65. The molecule has 2 amide bonds. The smallest absolute Gasteiger partial charge is 0.246 e. The predicted octanol–water partition coefficient (Wildman–Crippen LogP) is 5.10. The molecule has 0 spiro atoms. The molecule has 204 valence electrons. The number of hydrogen-bond acceptors (Lipinski definition) is 3. The summed E-state index contributed by atoms with van der Waals surface area (Å²) in [7, 11) is 0. The Kier molecular flexibility index (Phi) is 6.64. The van der Waals surface area contributed by atoms with E-state index in [2.05, 4.69) is 82.7 Å². The highest BCUT2D eigenvalue weighted by atomic mass is 16.2. The van der Waals surface area contributed by atoms with Gasteiger partial charge in [-0.05, 0) is 48.4 Å². The summed E-state index contributed by atoms with van der Waals surface area (Å²) in [6, 6.07) is 28.9. The molecule has 3 aliphatic heterocycles. The molecule has 0 saturated carbocycles. The van der Waals surface area contributed by atoms with Crippen LogP contribution in [0.25, 0.3) is 10.9 Å². The quantitative estimate of drug-likeness (QED) is 0.376. The molecular weight excluding hydrogens is 496 g/mol. The lowest BCUT2D eigenvalue weighted by atomic mass is 9.86. The molecule has 2 unspecified atom stereocenters. The van der Waals surface area contributed by atoms with Crippen molar-refractivity contribution in [1.82, 2.24) is 19.7 Å². The number of nitrogens with one attached hydrogen (secondary N) is 1. The number of nitrogens with zero attached hydrogens (tertiary/aromatic N) is 3. The van der Waals surface area contributed by atoms with E-state index in [9.17, 15) is 9.59 Å². The molecule has 6 nitrogen and oxygen atoms in total. The molecule has 3 aromatic carbocycles. The van der Waals surface area contributed by atoms with Crippen LogP contribution in [0.15, 0.2) is 84.9 Å². The number of aryl methyl sites for hydroxylation is 1. The zero-order chi connectivity index (χ0) is 27.1. The van der Waals surface area contributed by atoms with Crippen LogP contribution in [0.1, 0.15) is 47.7 Å². The maximum absolute atomic E-state index is 14.2. The fourth-order valence-corrected chi connectivity index (χ4v) is 7.20. The van der Waals surface area contributed by atoms with Crippen molar-refractivity contribution in [3.63, 3.8) is 0 Å². The number of fused-ring (bicyclic) bond motifs is 4. The molecule has 2 saturated heterocycles. The minimum Gasteiger partial charge on any atom is -0.356 e. The Morgan fingerprint density at radius 1 is 0.800 bits per heavy atom. The second-order valence-corrected chi connectivity index (χ2v) is 11.6. The van der Waals surface area contributed by atoms with Gasteiger partial charge in [0.25, 0.3) is 0 Å². The molecular formula is C34H36N4O2. The van der Waals surface area contributed by atoms with Crippen LogP contribution in [0.4, 0.5) is 0 Å². The maximum atomic E-state index is 14.2. The number of carbonyl (C=O) groups is 2. The fraction of sp³-hybridized carbons (Fsp3) is 0.353. The summed E-state index contributed by atoms with van der Waals surface area (Å²) in [4.78, 5) is 38.0. The van der Waals surface area contributed by atoms with Crippen molar-refractivity contribution in [3.8, 4) is 0 Å². The van der Waals surface area contributed by atoms with Gasteiger partial charge in [0.05, 0.1) is 6.04 Å². The van der Waals surface area contributed by atoms with Gasteiger partial charge in [0.15, 0.2) is 0 Å². The van der Waals surface area contributed by atoms with Crippen LogP contribution in [0.3, 0.4) is 0 Å². The Bertz CT molecular complexity index is 1510. The van der Waals surface area contributed by atoms with Crippen LogP contribution < -0.4 is 0 Å². The topological polar surface area (TPSA) is 59.7 Å². The van der Waals surface area contributed by atoms with E-state index in [-0.39, 0.29) is 30.4 Å². The average Bonchev–Trinajstić information content (AvgIpc) is 3.37. The average molecular weight is 533 g/mol. The summed E-state index contributed by atoms with van der Waals surface area (Å²) in [5, 5.41) is 1.17. The third kappa shape index (κ3) is 4.60. The van der Waals surface area contributed by atoms with Crippen LogP contribution in [0.5, 0.6) is 0 Å². The largest absolute Gasteiger partial charge is 0.356 e. The summed E-state index contributed by atoms with van der Waals surface area (Å²) in [5.74, 6) is 0.209. The van der Waals surface area contributed by atoms with E-state index in [1.54, 1.807) is 0 Å². The van der Waals surface area contributed by atoms with Crippen LogP contribution in [0, 0.1) is 0 Å². The number of likely N-dealkylation sites (tertiary alicyclic amines) is 1. The number of amides is 2. The monoisotopic (exact) mass is 532 g/mol. The van der Waals surface area contributed by atoms with Gasteiger partial charge in [0.2, 0.25) is 11.8 Å². The first-order chi connectivity index (χ1) is 19.7. The van der Waals surface area contributed by atoms with E-state index < -0.39 is 6.04 Å². The lowest BCUT2D eigenvalue weighted by Gasteiger charge is -2.49. The molecule has 2 fully saturated rings. The number of benzene rings is 3. The third-order valence-electron chi connectivity index (χ3n) is 9.21. The Balaban J connectivity index is 1.13. The highest BCUT2D eigenvalue weighted by Crippen LogP contribution is 2.42. The summed E-state index contributed by atoms with van der Waals surface area (Å²) in [6.45, 7) is 3.01. The summed E-state index contributed by atoms with van der Waals surface area (Å²) >= 11 is 0. The first-order valence-electron chi connectivity index (χ1n) is 14.7. The van der Waals surface area contributed by atoms with Crippen LogP contribution in [-0.4, -0.2) is 63.2 Å². The van der Waals surface area contributed by atoms with Gasteiger partial charge in [-0.3, -0.25) is 14.5 Å². The second-order valence-electron chi connectivity index (χ2n) is 11.6. The summed E-state index contributed by atoms with van der Waals surface area (Å²) in [6.07, 6.45) is 4.05. The number of carbonyl (C=O) groups excluding carboxylic acids is 2. The van der Waals surface area contributed by atoms with Crippen molar-refractivity contribution in [2.45, 2.75) is 56.8 Å². The lowest BCUT2D eigenvalue weighted by molar-refractivity contribution is -0.163. The van der Waals surface area contributed by atoms with Gasteiger partial charge in [-0.2, -0.15) is 0 Å². The van der Waals surface area contributed by atoms with Gasteiger partial charge >= 0.3 is 0 Å². The van der Waals surface area contributed by atoms with Crippen LogP contribution in [0.2, 0.25) is 0 Å². The maximum Gasteiger partial charge on any atom is 0.246 e. The molecule has 2 atom stereocenters. The van der Waals surface area contributed by atoms with E-state index in [1.165, 1.54) is 22.1 Å². The Morgan fingerprint density at radius 3 is 2.23 bits per heavy atom. The molecule has 40 heavy (non-hydrogen) atoms. The Hall–Kier alpha value is -3.90. The van der Waals surface area contributed by atoms with E-state index in [4.69, 9.17) is 0 Å². The van der Waals surface area contributed by atoms with Crippen molar-refractivity contribution in [3.05, 3.63) is 107 Å². The minimum atomic E-state index is -0.434. The standard InChI is InChI=1S/C34H36N4O2/c39-32-23-37(26-17-19-36(20-18-26)22-25-11-5-2-6-12-25)34(40)31-21-28-27-13-7-8-14-29(27)35-33(28)30(38(31)32)16-15-24-9-3-1-4-10-24/h1-14,26,30-31,35H,15-23H2. The Morgan fingerprint density at radius 2 is 1.48 bits per heavy atom. The van der Waals surface area contributed by atoms with Crippen molar-refractivity contribution in [2.75, 3.05) is 19.6 Å². The molecule has 1 aromatic heterocycles. The third-order valence-corrected chi connectivity index (χ3v) is 9.21. The SMILES string of the molecule is O=C1C2Cc3c([nH]c4ccccc34)C(CCc3ccccc3)N2C(=O)CN1C1CCN(Cc2ccccc2)CC1. The molecule has 6 heteroatoms. The van der Waals surface area contributed by atoms with Gasteiger partial charge in [0, 0.05) is 48.7 Å². The number of piperazine rings is 1. The van der Waals surface area contributed by atoms with E-state index in [1.807, 2.05) is 21.9 Å². The van der Waals surface area contributed by atoms with Crippen molar-refractivity contribution in [2.24, 2.45) is 0 Å². The van der Waals surface area contributed by atoms with E-state index in [0.717, 1.165) is 56.5 Å². The van der Waals surface area contributed by atoms with Gasteiger partial charge in [-0.25, -0.2) is 0 Å². The van der Waals surface area contributed by atoms with Crippen molar-refractivity contribution in [1.29, 1.82) is 0 Å². The number of rotatable bonds is 6. The molecule has 1 N–H and O–H groups in total. The van der Waals surface area contributed by atoms with Gasteiger partial charge in [-0.1, -0.05) is 78.9 Å². The number of H-pyrrole nitrogens is 1. The molecule has 3 aliphatic rings. The fourth-order valence-electron chi connectivity index (χ4n) is 7.20. The molecule has 0 aliphatic carbocycles. The van der Waals surface area contributed by atoms with E-state index >= 15 is 0 Å². The molecule has 7 rings (SSSR count). The molecule has 0 radical (unpaired) electrons. The van der Waals surface area contributed by atoms with Gasteiger partial charge < -0.3 is 14.8 Å². The summed E-state index contributed by atoms with van der Waals surface area (Å²) < 4.78 is 0. The molecule has 4 aromatic rings. The first-order valence-corrected chi connectivity index (χ1v) is 14.7. The van der Waals surface area contributed by atoms with Crippen molar-refractivity contribution < 1.29 is 9.59 Å². The number of piperidine rings is 1. The number of para-hydroxylation sites is 1. The Labute approximate surface area is 235 Å². The molecule has 0 bridgehead atoms. The highest BCUT2D eigenvalue weighted by molar-refractivity contribution is 5.97. The first kappa shape index (κ1) is 25.1. The zero-order valence-corrected chi connectivity index (χ0v) is 22.8. The number of hydrogen-bond donors (Lipinski definition) is 1. The van der Waals surface area contributed by atoms with Gasteiger partial charge in [0.1, 0.15) is 12.6 Å². The molecule has 4 heterocycles. The second kappa shape index (κ2) is 10.6. The summed E-state index contributed by atoms with van der Waals surface area (Å²) in [5.41, 5.74) is 5.97. The van der Waals surface area contributed by atoms with Crippen LogP contribution in [-0.2, 0) is 29.0 Å².